The molecule has 3 nitrogen and oxygen atoms in total. The van der Waals surface area contributed by atoms with E-state index in [0.717, 1.165) is 32.9 Å². The Morgan fingerprint density at radius 1 is 0.950 bits per heavy atom. The maximum absolute atomic E-state index is 11.4. The highest BCUT2D eigenvalue weighted by atomic mass is 16.4. The fraction of sp³-hybridized carbons (Fsp3) is 0. The summed E-state index contributed by atoms with van der Waals surface area (Å²) >= 11 is 0. The van der Waals surface area contributed by atoms with E-state index in [0.29, 0.717) is 5.56 Å². The maximum Gasteiger partial charge on any atom is 0.336 e. The van der Waals surface area contributed by atoms with Crippen LogP contribution < -0.4 is 0 Å². The first-order valence-electron chi connectivity index (χ1n) is 6.40. The van der Waals surface area contributed by atoms with Gasteiger partial charge in [0.1, 0.15) is 0 Å². The van der Waals surface area contributed by atoms with Crippen LogP contribution in [0.25, 0.3) is 32.9 Å². The lowest BCUT2D eigenvalue weighted by atomic mass is 10.1. The zero-order valence-corrected chi connectivity index (χ0v) is 10.6. The van der Waals surface area contributed by atoms with Gasteiger partial charge in [-0.3, -0.25) is 0 Å². The van der Waals surface area contributed by atoms with Gasteiger partial charge >= 0.3 is 5.97 Å². The molecule has 2 aromatic rings. The number of fused-ring (bicyclic) bond motifs is 4. The maximum atomic E-state index is 11.4. The lowest BCUT2D eigenvalue weighted by Gasteiger charge is -2.06. The van der Waals surface area contributed by atoms with E-state index in [4.69, 9.17) is 0 Å². The minimum absolute atomic E-state index is 0.337. The summed E-state index contributed by atoms with van der Waals surface area (Å²) in [5.74, 6) is -0.898. The van der Waals surface area contributed by atoms with Crippen LogP contribution in [0.4, 0.5) is 0 Å². The highest BCUT2D eigenvalue weighted by Gasteiger charge is 2.17. The monoisotopic (exact) mass is 261 g/mol. The molecule has 1 aliphatic heterocycles. The first kappa shape index (κ1) is 11.1. The Morgan fingerprint density at radius 3 is 2.55 bits per heavy atom. The molecule has 0 saturated heterocycles. The quantitative estimate of drug-likeness (QED) is 0.541. The summed E-state index contributed by atoms with van der Waals surface area (Å²) in [5.41, 5.74) is 3.26. The second-order valence-corrected chi connectivity index (χ2v) is 4.91. The van der Waals surface area contributed by atoms with Crippen LogP contribution in [0.1, 0.15) is 10.4 Å². The van der Waals surface area contributed by atoms with Gasteiger partial charge in [0.05, 0.1) is 11.3 Å². The second-order valence-electron chi connectivity index (χ2n) is 4.91. The molecule has 3 heteroatoms. The van der Waals surface area contributed by atoms with Gasteiger partial charge < -0.3 is 10.1 Å². The summed E-state index contributed by atoms with van der Waals surface area (Å²) in [6, 6.07) is 17.5. The van der Waals surface area contributed by atoms with Crippen LogP contribution in [0.3, 0.4) is 0 Å². The topological polar surface area (TPSA) is 53.1 Å². The van der Waals surface area contributed by atoms with Gasteiger partial charge in [-0.15, -0.1) is 0 Å². The number of hydrogen-bond donors (Lipinski definition) is 2. The van der Waals surface area contributed by atoms with Crippen LogP contribution in [-0.2, 0) is 0 Å². The van der Waals surface area contributed by atoms with Crippen molar-refractivity contribution in [3.63, 3.8) is 0 Å². The Balaban J connectivity index is 2.22. The van der Waals surface area contributed by atoms with Crippen LogP contribution in [0.5, 0.6) is 0 Å². The molecular weight excluding hydrogens is 250 g/mol. The summed E-state index contributed by atoms with van der Waals surface area (Å²) in [6.45, 7) is 0. The number of nitrogens with one attached hydrogen (secondary N) is 1. The number of para-hydroxylation sites is 1. The highest BCUT2D eigenvalue weighted by molar-refractivity contribution is 6.13. The van der Waals surface area contributed by atoms with Crippen LogP contribution in [0.2, 0.25) is 0 Å². The van der Waals surface area contributed by atoms with Crippen molar-refractivity contribution in [2.24, 2.45) is 0 Å². The number of rotatable bonds is 1. The van der Waals surface area contributed by atoms with Gasteiger partial charge in [0, 0.05) is 10.9 Å². The molecule has 0 unspecified atom stereocenters. The zero-order chi connectivity index (χ0) is 13.7. The predicted octanol–water partition coefficient (Wildman–Crippen LogP) is 4.12. The lowest BCUT2D eigenvalue weighted by molar-refractivity contribution is 0.0699. The van der Waals surface area contributed by atoms with E-state index >= 15 is 0 Å². The number of aromatic carboxylic acids is 1. The Kier molecular flexibility index (Phi) is 2.12. The van der Waals surface area contributed by atoms with Crippen LogP contribution >= 0.6 is 0 Å². The Hall–Kier alpha value is -2.81. The van der Waals surface area contributed by atoms with Crippen LogP contribution in [0, 0.1) is 0 Å². The van der Waals surface area contributed by atoms with Crippen LogP contribution in [-0.4, -0.2) is 16.1 Å². The predicted molar refractivity (Wildman–Crippen MR) is 79.4 cm³/mol. The molecule has 0 spiro atoms. The summed E-state index contributed by atoms with van der Waals surface area (Å²) in [5, 5.41) is 12.2. The van der Waals surface area contributed by atoms with Gasteiger partial charge in [-0.2, -0.15) is 0 Å². The third-order valence-corrected chi connectivity index (χ3v) is 3.71. The number of hydrogen-bond acceptors (Lipinski definition) is 1. The van der Waals surface area contributed by atoms with Crippen molar-refractivity contribution in [1.29, 1.82) is 0 Å². The average Bonchev–Trinajstić information content (AvgIpc) is 2.82. The highest BCUT2D eigenvalue weighted by Crippen LogP contribution is 2.36. The molecule has 0 bridgehead atoms. The van der Waals surface area contributed by atoms with Gasteiger partial charge in [0.25, 0.3) is 0 Å². The second kappa shape index (κ2) is 3.84. The Labute approximate surface area is 114 Å². The number of carboxylic acid groups (broad SMARTS) is 1. The van der Waals surface area contributed by atoms with Crippen molar-refractivity contribution >= 4 is 27.6 Å². The van der Waals surface area contributed by atoms with Crippen molar-refractivity contribution in [2.45, 2.75) is 0 Å². The molecule has 1 aliphatic carbocycles. The molecule has 96 valence electrons. The lowest BCUT2D eigenvalue weighted by Crippen LogP contribution is -1.97. The molecule has 20 heavy (non-hydrogen) atoms. The number of H-pyrrole nitrogens is 1. The van der Waals surface area contributed by atoms with Crippen molar-refractivity contribution in [2.75, 3.05) is 0 Å². The SMILES string of the molecule is O=C(O)c1cccc2cc3cc4ccccc4[nH]c-3c12. The number of aromatic amines is 1. The van der Waals surface area contributed by atoms with Gasteiger partial charge in [0.15, 0.2) is 0 Å². The van der Waals surface area contributed by atoms with E-state index < -0.39 is 5.97 Å². The number of carbonyl (C=O) groups is 1. The van der Waals surface area contributed by atoms with E-state index in [9.17, 15) is 9.90 Å². The van der Waals surface area contributed by atoms with E-state index in [1.165, 1.54) is 0 Å². The fourth-order valence-electron chi connectivity index (χ4n) is 2.82. The number of benzene rings is 2. The first-order chi connectivity index (χ1) is 9.74. The van der Waals surface area contributed by atoms with Gasteiger partial charge in [0.2, 0.25) is 0 Å². The molecule has 2 aliphatic rings. The molecule has 0 aromatic heterocycles. The van der Waals surface area contributed by atoms with Gasteiger partial charge in [-0.05, 0) is 40.6 Å². The van der Waals surface area contributed by atoms with Gasteiger partial charge in [-0.25, -0.2) is 4.79 Å². The third-order valence-electron chi connectivity index (χ3n) is 3.71. The number of aromatic nitrogens is 1. The van der Waals surface area contributed by atoms with E-state index in [2.05, 4.69) is 11.1 Å². The smallest absolute Gasteiger partial charge is 0.336 e. The molecule has 1 heterocycles. The minimum Gasteiger partial charge on any atom is -0.478 e. The standard InChI is InChI=1S/C17H11NO2/c19-17(20)13-6-3-5-11-9-12-8-10-4-1-2-7-14(10)18-16(12)15(11)13/h1-9,18H,(H,19,20). The molecule has 2 aromatic carbocycles. The van der Waals surface area contributed by atoms with E-state index in [-0.39, 0.29) is 0 Å². The number of pyridine rings is 1. The Morgan fingerprint density at radius 2 is 1.70 bits per heavy atom. The summed E-state index contributed by atoms with van der Waals surface area (Å²) in [4.78, 5) is 14.8. The molecule has 0 fully saturated rings. The van der Waals surface area contributed by atoms with Crippen molar-refractivity contribution in [1.82, 2.24) is 4.98 Å². The van der Waals surface area contributed by atoms with Crippen molar-refractivity contribution in [3.05, 3.63) is 60.2 Å². The van der Waals surface area contributed by atoms with E-state index in [1.807, 2.05) is 36.4 Å². The summed E-state index contributed by atoms with van der Waals surface area (Å²) < 4.78 is 0. The average molecular weight is 261 g/mol. The molecule has 2 N–H and O–H groups in total. The van der Waals surface area contributed by atoms with Crippen molar-refractivity contribution < 1.29 is 9.90 Å². The largest absolute Gasteiger partial charge is 0.478 e. The van der Waals surface area contributed by atoms with Crippen LogP contribution in [0.15, 0.2) is 54.6 Å². The molecule has 0 saturated carbocycles. The van der Waals surface area contributed by atoms with Gasteiger partial charge in [-0.1, -0.05) is 30.3 Å². The van der Waals surface area contributed by atoms with E-state index in [1.54, 1.807) is 12.1 Å². The molecule has 0 amide bonds. The zero-order valence-electron chi connectivity index (χ0n) is 10.6. The fourth-order valence-corrected chi connectivity index (χ4v) is 2.82. The first-order valence-corrected chi connectivity index (χ1v) is 6.40. The molecular formula is C17H11NO2. The summed E-state index contributed by atoms with van der Waals surface area (Å²) in [7, 11) is 0. The Bertz CT molecular complexity index is 936. The molecule has 0 radical (unpaired) electrons. The molecule has 4 rings (SSSR count). The normalized spacial score (nSPS) is 11.4. The van der Waals surface area contributed by atoms with Crippen molar-refractivity contribution in [3.8, 4) is 11.3 Å². The molecule has 0 atom stereocenters. The third kappa shape index (κ3) is 1.43. The number of carboxylic acids is 1. The minimum atomic E-state index is -0.898. The summed E-state index contributed by atoms with van der Waals surface area (Å²) in [6.07, 6.45) is 0.